The molecule has 29 atom stereocenters. The first kappa shape index (κ1) is 64.2. The molecule has 8 rings (SSSR count). The van der Waals surface area contributed by atoms with Gasteiger partial charge in [0.25, 0.3) is 0 Å². The van der Waals surface area contributed by atoms with Crippen LogP contribution >= 0.6 is 0 Å². The Bertz CT molecular complexity index is 2570. The third-order valence-corrected chi connectivity index (χ3v) is 15.4. The van der Waals surface area contributed by atoms with Crippen molar-refractivity contribution in [2.75, 3.05) is 39.6 Å². The first-order valence-electron chi connectivity index (χ1n) is 23.4. The molecule has 0 saturated carbocycles. The van der Waals surface area contributed by atoms with Gasteiger partial charge in [0.2, 0.25) is 0 Å². The normalized spacial score (nSPS) is 44.8. The quantitative estimate of drug-likeness (QED) is 0.0298. The van der Waals surface area contributed by atoms with Gasteiger partial charge in [-0.1, -0.05) is 0 Å². The van der Waals surface area contributed by atoms with Gasteiger partial charge in [0.05, 0.1) is 39.6 Å². The van der Waals surface area contributed by atoms with Crippen LogP contribution in [0.3, 0.4) is 0 Å². The number of ether oxygens (including phenoxy) is 13. The van der Waals surface area contributed by atoms with E-state index in [0.29, 0.717) is 0 Å². The maximum Gasteiger partial charge on any atom is 0.397 e. The molecule has 0 aromatic rings. The van der Waals surface area contributed by atoms with Gasteiger partial charge in [-0.2, -0.15) is 33.7 Å². The minimum absolute atomic E-state index is 0.241. The van der Waals surface area contributed by atoms with Gasteiger partial charge in [-0.25, -0.2) is 16.7 Å². The van der Waals surface area contributed by atoms with E-state index in [4.69, 9.17) is 69.9 Å². The third-order valence-electron chi connectivity index (χ3n) is 13.5. The van der Waals surface area contributed by atoms with E-state index in [1.54, 1.807) is 0 Å². The van der Waals surface area contributed by atoms with Crippen LogP contribution in [-0.2, 0) is 125 Å². The molecule has 8 fully saturated rings. The Morgan fingerprint density at radius 1 is 0.450 bits per heavy atom. The van der Waals surface area contributed by atoms with Gasteiger partial charge >= 0.3 is 41.6 Å². The Morgan fingerprint density at radius 2 is 0.863 bits per heavy atom. The smallest absolute Gasteiger partial charge is 0.394 e. The zero-order chi connectivity index (χ0) is 58.7. The Balaban J connectivity index is 1.02. The number of aliphatic hydroxyl groups is 10. The van der Waals surface area contributed by atoms with Crippen LogP contribution in [0.4, 0.5) is 0 Å². The minimum atomic E-state index is -5.69. The molecule has 44 heteroatoms. The highest BCUT2D eigenvalue weighted by molar-refractivity contribution is 7.81. The fraction of sp³-hybridized carbons (Fsp3) is 0.972. The molecule has 0 spiro atoms. The molecule has 0 aromatic heterocycles. The number of aliphatic hydroxyl groups excluding tert-OH is 10. The van der Waals surface area contributed by atoms with Gasteiger partial charge < -0.3 is 117 Å². The second-order valence-corrected chi connectivity index (χ2v) is 23.0. The summed E-state index contributed by atoms with van der Waals surface area (Å²) in [6, 6.07) is 0. The summed E-state index contributed by atoms with van der Waals surface area (Å²) >= 11 is 0. The molecule has 6 bridgehead atoms. The van der Waals surface area contributed by atoms with Gasteiger partial charge in [-0.3, -0.25) is 18.2 Å². The van der Waals surface area contributed by atoms with Crippen LogP contribution in [0.15, 0.2) is 0 Å². The van der Waals surface area contributed by atoms with Crippen molar-refractivity contribution >= 4 is 47.9 Å². The third kappa shape index (κ3) is 14.4. The predicted octanol–water partition coefficient (Wildman–Crippen LogP) is -11.8. The van der Waals surface area contributed by atoms with Crippen LogP contribution in [0, 0.1) is 0 Å². The van der Waals surface area contributed by atoms with E-state index in [1.165, 1.54) is 0 Å². The molecule has 14 N–H and O–H groups in total. The maximum atomic E-state index is 12.4. The number of rotatable bonds is 25. The molecule has 0 aromatic carbocycles. The van der Waals surface area contributed by atoms with Crippen molar-refractivity contribution in [2.45, 2.75) is 178 Å². The molecule has 40 nitrogen and oxygen atoms in total. The lowest BCUT2D eigenvalue weighted by Crippen LogP contribution is -2.67. The summed E-state index contributed by atoms with van der Waals surface area (Å²) < 4.78 is 227. The average Bonchev–Trinajstić information content (AvgIpc) is 4.05. The van der Waals surface area contributed by atoms with Crippen LogP contribution < -0.4 is 0 Å². The number of carbonyl (C=O) groups is 1. The zero-order valence-electron chi connectivity index (χ0n) is 40.1. The molecule has 464 valence electrons. The summed E-state index contributed by atoms with van der Waals surface area (Å²) in [4.78, 5) is 11.6. The second-order valence-electron chi connectivity index (χ2n) is 18.8. The van der Waals surface area contributed by atoms with Crippen molar-refractivity contribution in [2.24, 2.45) is 0 Å². The van der Waals surface area contributed by atoms with E-state index < -0.39 is 253 Å². The van der Waals surface area contributed by atoms with E-state index >= 15 is 0 Å². The van der Waals surface area contributed by atoms with Crippen LogP contribution in [0.25, 0.3) is 0 Å². The average molecular weight is 1260 g/mol. The number of carbonyl (C=O) groups excluding carboxylic acids is 1. The van der Waals surface area contributed by atoms with E-state index in [9.17, 15) is 108 Å². The molecule has 8 aliphatic rings. The van der Waals surface area contributed by atoms with Crippen LogP contribution in [0.2, 0.25) is 0 Å². The van der Waals surface area contributed by atoms with E-state index in [1.807, 2.05) is 0 Å². The molecule has 8 saturated heterocycles. The van der Waals surface area contributed by atoms with Crippen LogP contribution in [-0.4, -0.2) is 327 Å². The molecule has 8 aliphatic heterocycles. The van der Waals surface area contributed by atoms with Crippen molar-refractivity contribution in [3.63, 3.8) is 0 Å². The molecular formula is C36H56O40S4. The molecule has 0 unspecified atom stereocenters. The number of hydrogen-bond donors (Lipinski definition) is 14. The standard InChI is InChI=1S/C36H56O40S4/c37-1-8(41)20(21(9(42)2-38)73-77(48,49)50)68-33-17(45)27-22(13(66-33)6-61-27)69-34-19(47)29(25(11(4-40)63-34)75-79(54,55)56)72-36-31(76-80(57,58)59)30-23(14(67-36)7-62-30)70-35-18(46)28(24(10(3-39)64-35)74-78(51,52)53)71-32-16(44)26-15(43)12(65-32)5-60-26/h1,8-36,38-47H,2-7H2,(H,48,49,50)(H,51,52,53)(H,54,55,56)(H,57,58,59)/t8-,9+,10+,11+,12+,13+,14+,15-,16+,17+,18+,19+,20+,21-,22-,23-,24-,25-,26-,27+,28+,29+,30-,31+,32+,33+,34-,35-,36+/m0/s1. The van der Waals surface area contributed by atoms with Crippen molar-refractivity contribution in [3.05, 3.63) is 0 Å². The van der Waals surface area contributed by atoms with Crippen molar-refractivity contribution in [3.8, 4) is 0 Å². The topological polar surface area (TPSA) is 594 Å². The fourth-order valence-electron chi connectivity index (χ4n) is 10.1. The van der Waals surface area contributed by atoms with Gasteiger partial charge in [-0.05, 0) is 0 Å². The molecule has 0 amide bonds. The fourth-order valence-corrected chi connectivity index (χ4v) is 12.1. The maximum absolute atomic E-state index is 12.4. The Kier molecular flexibility index (Phi) is 20.3. The van der Waals surface area contributed by atoms with Gasteiger partial charge in [0.1, 0.15) is 140 Å². The molecular weight excluding hydrogens is 1200 g/mol. The zero-order valence-corrected chi connectivity index (χ0v) is 43.3. The Hall–Kier alpha value is -1.77. The highest BCUT2D eigenvalue weighted by Crippen LogP contribution is 2.42. The SMILES string of the molecule is O=C[C@H](O)[C@@H](O[C@H]1O[C@@H]2CO[C@H]([C@H]1O)[C@H]2O[C@@H]1O[C@H](CO)[C@H](OS(=O)(=O)O)[C@H](O[C@H]2O[C@@H]3CO[C@@H]([C@H]3O[C@@H]3O[C@H](CO)[C@H](OS(=O)(=O)O)[C@H](O[C@H]4O[C@@H]5CO[C@@H]([C@H]5O)[C@H]4O)[C@H]3O)[C@H]2OS(=O)(=O)O)[C@H]1O)[C@@H](OS(=O)(=O)O)[C@H](O)CO. The summed E-state index contributed by atoms with van der Waals surface area (Å²) in [5.41, 5.74) is 0. The summed E-state index contributed by atoms with van der Waals surface area (Å²) in [7, 11) is -22.3. The minimum Gasteiger partial charge on any atom is -0.394 e. The lowest BCUT2D eigenvalue weighted by atomic mass is 9.96. The number of fused-ring (bicyclic) bond motifs is 6. The predicted molar refractivity (Wildman–Crippen MR) is 232 cm³/mol. The summed E-state index contributed by atoms with van der Waals surface area (Å²) in [6.45, 7) is -5.22. The number of hydrogen-bond acceptors (Lipinski definition) is 36. The molecule has 0 radical (unpaired) electrons. The van der Waals surface area contributed by atoms with Crippen molar-refractivity contribution in [1.82, 2.24) is 0 Å². The molecule has 0 aliphatic carbocycles. The second kappa shape index (κ2) is 25.3. The number of aldehydes is 1. The van der Waals surface area contributed by atoms with Gasteiger partial charge in [0, 0.05) is 0 Å². The van der Waals surface area contributed by atoms with Gasteiger partial charge in [0.15, 0.2) is 43.8 Å². The molecule has 80 heavy (non-hydrogen) atoms. The van der Waals surface area contributed by atoms with E-state index in [-0.39, 0.29) is 12.9 Å². The van der Waals surface area contributed by atoms with E-state index in [0.717, 1.165) is 0 Å². The largest absolute Gasteiger partial charge is 0.397 e. The van der Waals surface area contributed by atoms with Crippen LogP contribution in [0.5, 0.6) is 0 Å². The van der Waals surface area contributed by atoms with Crippen molar-refractivity contribution in [1.29, 1.82) is 0 Å². The lowest BCUT2D eigenvalue weighted by molar-refractivity contribution is -0.375. The summed E-state index contributed by atoms with van der Waals surface area (Å²) in [5.74, 6) is 0. The van der Waals surface area contributed by atoms with Gasteiger partial charge in [-0.15, -0.1) is 0 Å². The highest BCUT2D eigenvalue weighted by atomic mass is 32.3. The first-order chi connectivity index (χ1) is 37.3. The lowest BCUT2D eigenvalue weighted by Gasteiger charge is -2.48. The summed E-state index contributed by atoms with van der Waals surface area (Å²) in [5, 5.41) is 107. The summed E-state index contributed by atoms with van der Waals surface area (Å²) in [6.07, 6.45) is -58.5. The highest BCUT2D eigenvalue weighted by Gasteiger charge is 2.63. The van der Waals surface area contributed by atoms with Crippen LogP contribution in [0.1, 0.15) is 0 Å². The van der Waals surface area contributed by atoms with Crippen molar-refractivity contribution < 1.29 is 186 Å². The van der Waals surface area contributed by atoms with E-state index in [2.05, 4.69) is 8.37 Å². The Labute approximate surface area is 450 Å². The first-order valence-corrected chi connectivity index (χ1v) is 28.9. The monoisotopic (exact) mass is 1260 g/mol. The Morgan fingerprint density at radius 3 is 1.35 bits per heavy atom. The molecule has 8 heterocycles.